The van der Waals surface area contributed by atoms with Crippen LogP contribution in [0.15, 0.2) is 97.2 Å². The fourth-order valence-corrected chi connectivity index (χ4v) is 2.55. The van der Waals surface area contributed by atoms with E-state index in [4.69, 9.17) is 0 Å². The largest absolute Gasteiger partial charge is 0.369 e. The molecular weight excluding hydrogens is 278 g/mol. The van der Waals surface area contributed by atoms with E-state index in [9.17, 15) is 0 Å². The maximum atomic E-state index is 2.34. The van der Waals surface area contributed by atoms with Crippen LogP contribution in [-0.4, -0.2) is 4.90 Å². The monoisotopic (exact) mass is 299 g/mol. The average Bonchev–Trinajstić information content (AvgIpc) is 2.62. The molecule has 114 valence electrons. The van der Waals surface area contributed by atoms with Crippen molar-refractivity contribution in [3.63, 3.8) is 0 Å². The van der Waals surface area contributed by atoms with Gasteiger partial charge in [-0.25, -0.2) is 0 Å². The summed E-state index contributed by atoms with van der Waals surface area (Å²) in [6.45, 7) is 1.80. The highest BCUT2D eigenvalue weighted by atomic mass is 15.1. The molecule has 3 aromatic rings. The summed E-state index contributed by atoms with van der Waals surface area (Å²) in [6.07, 6.45) is 4.36. The van der Waals surface area contributed by atoms with Crippen molar-refractivity contribution in [3.05, 3.63) is 114 Å². The Hall–Kier alpha value is -2.80. The maximum Gasteiger partial charge on any atom is 0.0427 e. The van der Waals surface area contributed by atoms with Crippen LogP contribution < -0.4 is 0 Å². The van der Waals surface area contributed by atoms with Crippen molar-refractivity contribution < 1.29 is 0 Å². The summed E-state index contributed by atoms with van der Waals surface area (Å²) < 4.78 is 0. The molecule has 3 rings (SSSR count). The Kier molecular flexibility index (Phi) is 5.25. The third-order valence-electron chi connectivity index (χ3n) is 3.73. The van der Waals surface area contributed by atoms with Crippen LogP contribution in [0.25, 0.3) is 6.08 Å². The van der Waals surface area contributed by atoms with Gasteiger partial charge in [-0.15, -0.1) is 0 Å². The van der Waals surface area contributed by atoms with E-state index in [0.29, 0.717) is 0 Å². The van der Waals surface area contributed by atoms with Crippen molar-refractivity contribution in [1.82, 2.24) is 4.90 Å². The lowest BCUT2D eigenvalue weighted by atomic mass is 10.1. The molecule has 0 heterocycles. The molecule has 0 radical (unpaired) electrons. The van der Waals surface area contributed by atoms with Crippen molar-refractivity contribution in [2.24, 2.45) is 0 Å². The van der Waals surface area contributed by atoms with Gasteiger partial charge in [0.05, 0.1) is 0 Å². The highest BCUT2D eigenvalue weighted by Crippen LogP contribution is 2.12. The predicted molar refractivity (Wildman–Crippen MR) is 97.6 cm³/mol. The molecule has 1 nitrogen and oxygen atoms in total. The van der Waals surface area contributed by atoms with E-state index in [1.54, 1.807) is 0 Å². The lowest BCUT2D eigenvalue weighted by Crippen LogP contribution is -2.16. The minimum Gasteiger partial charge on any atom is -0.369 e. The van der Waals surface area contributed by atoms with Crippen molar-refractivity contribution in [2.75, 3.05) is 0 Å². The van der Waals surface area contributed by atoms with Crippen molar-refractivity contribution in [3.8, 4) is 0 Å². The summed E-state index contributed by atoms with van der Waals surface area (Å²) in [4.78, 5) is 2.34. The van der Waals surface area contributed by atoms with Gasteiger partial charge in [0, 0.05) is 19.3 Å². The fourth-order valence-electron chi connectivity index (χ4n) is 2.55. The average molecular weight is 299 g/mol. The van der Waals surface area contributed by atoms with E-state index in [-0.39, 0.29) is 0 Å². The van der Waals surface area contributed by atoms with Crippen molar-refractivity contribution in [1.29, 1.82) is 0 Å². The minimum absolute atomic E-state index is 0.902. The Morgan fingerprint density at radius 3 is 1.48 bits per heavy atom. The van der Waals surface area contributed by atoms with E-state index in [2.05, 4.69) is 102 Å². The van der Waals surface area contributed by atoms with E-state index in [0.717, 1.165) is 13.1 Å². The lowest BCUT2D eigenvalue weighted by Gasteiger charge is -2.21. The minimum atomic E-state index is 0.902. The van der Waals surface area contributed by atoms with Gasteiger partial charge in [0.15, 0.2) is 0 Å². The highest BCUT2D eigenvalue weighted by molar-refractivity contribution is 5.48. The Bertz CT molecular complexity index is 676. The fraction of sp³-hybridized carbons (Fsp3) is 0.0909. The second-order valence-electron chi connectivity index (χ2n) is 5.60. The number of nitrogens with zero attached hydrogens (tertiary/aromatic N) is 1. The molecule has 0 aliphatic rings. The Morgan fingerprint density at radius 2 is 1.00 bits per heavy atom. The lowest BCUT2D eigenvalue weighted by molar-refractivity contribution is 0.364. The van der Waals surface area contributed by atoms with Gasteiger partial charge in [-0.1, -0.05) is 91.0 Å². The summed E-state index contributed by atoms with van der Waals surface area (Å²) >= 11 is 0. The molecule has 0 amide bonds. The molecular formula is C22H21N. The number of hydrogen-bond donors (Lipinski definition) is 0. The molecule has 0 bridgehead atoms. The summed E-state index contributed by atoms with van der Waals surface area (Å²) in [5, 5.41) is 0. The molecule has 1 heteroatoms. The van der Waals surface area contributed by atoms with Crippen LogP contribution in [0, 0.1) is 0 Å². The van der Waals surface area contributed by atoms with Crippen LogP contribution in [0.5, 0.6) is 0 Å². The second-order valence-corrected chi connectivity index (χ2v) is 5.60. The Balaban J connectivity index is 1.76. The van der Waals surface area contributed by atoms with E-state index < -0.39 is 0 Å². The predicted octanol–water partition coefficient (Wildman–Crippen LogP) is 5.36. The van der Waals surface area contributed by atoms with Crippen LogP contribution >= 0.6 is 0 Å². The zero-order valence-electron chi connectivity index (χ0n) is 13.2. The topological polar surface area (TPSA) is 3.24 Å². The molecule has 23 heavy (non-hydrogen) atoms. The zero-order chi connectivity index (χ0) is 15.7. The smallest absolute Gasteiger partial charge is 0.0427 e. The molecule has 0 atom stereocenters. The van der Waals surface area contributed by atoms with Crippen LogP contribution in [-0.2, 0) is 13.1 Å². The summed E-state index contributed by atoms with van der Waals surface area (Å²) in [5.74, 6) is 0. The van der Waals surface area contributed by atoms with E-state index >= 15 is 0 Å². The highest BCUT2D eigenvalue weighted by Gasteiger charge is 2.02. The van der Waals surface area contributed by atoms with Crippen LogP contribution in [0.3, 0.4) is 0 Å². The normalized spacial score (nSPS) is 10.8. The SMILES string of the molecule is C(=C\N(Cc1ccccc1)Cc1ccccc1)/c1ccccc1. The molecule has 0 aliphatic carbocycles. The first kappa shape index (κ1) is 15.1. The molecule has 0 saturated carbocycles. The third-order valence-corrected chi connectivity index (χ3v) is 3.73. The molecule has 0 saturated heterocycles. The molecule has 0 aliphatic heterocycles. The van der Waals surface area contributed by atoms with Crippen molar-refractivity contribution >= 4 is 6.08 Å². The summed E-state index contributed by atoms with van der Waals surface area (Å²) in [5.41, 5.74) is 3.86. The van der Waals surface area contributed by atoms with E-state index in [1.807, 2.05) is 6.07 Å². The molecule has 3 aromatic carbocycles. The van der Waals surface area contributed by atoms with Gasteiger partial charge < -0.3 is 4.90 Å². The van der Waals surface area contributed by atoms with Crippen molar-refractivity contribution in [2.45, 2.75) is 13.1 Å². The third kappa shape index (κ3) is 4.86. The maximum absolute atomic E-state index is 2.34. The first-order valence-corrected chi connectivity index (χ1v) is 7.95. The van der Waals surface area contributed by atoms with Crippen LogP contribution in [0.4, 0.5) is 0 Å². The molecule has 0 N–H and O–H groups in total. The van der Waals surface area contributed by atoms with Gasteiger partial charge in [0.1, 0.15) is 0 Å². The number of benzene rings is 3. The van der Waals surface area contributed by atoms with Gasteiger partial charge in [-0.05, 0) is 22.8 Å². The standard InChI is InChI=1S/C22H21N/c1-4-10-20(11-5-1)16-17-23(18-21-12-6-2-7-13-21)19-22-14-8-3-9-15-22/h1-17H,18-19H2/b17-16+. The molecule has 0 unspecified atom stereocenters. The van der Waals surface area contributed by atoms with Crippen LogP contribution in [0.1, 0.15) is 16.7 Å². The van der Waals surface area contributed by atoms with E-state index in [1.165, 1.54) is 16.7 Å². The molecule has 0 spiro atoms. The van der Waals surface area contributed by atoms with Gasteiger partial charge >= 0.3 is 0 Å². The summed E-state index contributed by atoms with van der Waals surface area (Å²) in [7, 11) is 0. The second kappa shape index (κ2) is 8.00. The van der Waals surface area contributed by atoms with Gasteiger partial charge in [0.25, 0.3) is 0 Å². The number of rotatable bonds is 6. The molecule has 0 aromatic heterocycles. The van der Waals surface area contributed by atoms with Gasteiger partial charge in [0.2, 0.25) is 0 Å². The first-order chi connectivity index (χ1) is 11.4. The quantitative estimate of drug-likeness (QED) is 0.592. The van der Waals surface area contributed by atoms with Crippen LogP contribution in [0.2, 0.25) is 0 Å². The van der Waals surface area contributed by atoms with Gasteiger partial charge in [-0.3, -0.25) is 0 Å². The van der Waals surface area contributed by atoms with Gasteiger partial charge in [-0.2, -0.15) is 0 Å². The number of hydrogen-bond acceptors (Lipinski definition) is 1. The zero-order valence-corrected chi connectivity index (χ0v) is 13.2. The Morgan fingerprint density at radius 1 is 0.565 bits per heavy atom. The molecule has 0 fully saturated rings. The summed E-state index contributed by atoms with van der Waals surface area (Å²) in [6, 6.07) is 31.6. The first-order valence-electron chi connectivity index (χ1n) is 7.95. The Labute approximate surface area is 138 Å².